The van der Waals surface area contributed by atoms with Crippen LogP contribution in [-0.2, 0) is 29.0 Å². The Hall–Kier alpha value is -3.51. The summed E-state index contributed by atoms with van der Waals surface area (Å²) in [5.74, 6) is 1.09. The Bertz CT molecular complexity index is 1170. The molecule has 1 N–H and O–H groups in total. The zero-order chi connectivity index (χ0) is 26.8. The van der Waals surface area contributed by atoms with E-state index in [9.17, 15) is 9.59 Å². The van der Waals surface area contributed by atoms with Gasteiger partial charge in [0.2, 0.25) is 11.8 Å². The number of amides is 2. The van der Waals surface area contributed by atoms with Crippen molar-refractivity contribution in [3.63, 3.8) is 0 Å². The number of methoxy groups -OCH3 is 2. The van der Waals surface area contributed by atoms with Gasteiger partial charge in [-0.05, 0) is 46.9 Å². The molecule has 0 unspecified atom stereocenters. The van der Waals surface area contributed by atoms with Crippen LogP contribution >= 0.6 is 11.6 Å². The smallest absolute Gasteiger partial charge is 0.243 e. The SMILES string of the molecule is COc1ccc(CC(=O)N(Cc2ccc(Cl)cc2)[C@H](Cc2ccccc2)C(=O)NCC(C)C)cc1OC. The summed E-state index contributed by atoms with van der Waals surface area (Å²) in [4.78, 5) is 29.0. The van der Waals surface area contributed by atoms with Crippen LogP contribution in [0.5, 0.6) is 11.5 Å². The first kappa shape index (κ1) is 28.1. The summed E-state index contributed by atoms with van der Waals surface area (Å²) in [6, 6.07) is 21.8. The van der Waals surface area contributed by atoms with E-state index >= 15 is 0 Å². The van der Waals surface area contributed by atoms with Gasteiger partial charge in [0.1, 0.15) is 6.04 Å². The molecule has 0 radical (unpaired) electrons. The summed E-state index contributed by atoms with van der Waals surface area (Å²) in [6.07, 6.45) is 0.507. The van der Waals surface area contributed by atoms with E-state index in [2.05, 4.69) is 5.32 Å². The summed E-state index contributed by atoms with van der Waals surface area (Å²) < 4.78 is 10.7. The van der Waals surface area contributed by atoms with Gasteiger partial charge in [-0.25, -0.2) is 0 Å². The van der Waals surface area contributed by atoms with Crippen LogP contribution in [0.25, 0.3) is 0 Å². The normalized spacial score (nSPS) is 11.6. The van der Waals surface area contributed by atoms with Gasteiger partial charge in [0.25, 0.3) is 0 Å². The molecule has 37 heavy (non-hydrogen) atoms. The zero-order valence-electron chi connectivity index (χ0n) is 21.9. The van der Waals surface area contributed by atoms with Gasteiger partial charge in [0.15, 0.2) is 11.5 Å². The van der Waals surface area contributed by atoms with E-state index in [0.29, 0.717) is 29.5 Å². The maximum Gasteiger partial charge on any atom is 0.243 e. The number of halogens is 1. The van der Waals surface area contributed by atoms with Crippen LogP contribution in [0, 0.1) is 5.92 Å². The molecular formula is C30H35ClN2O4. The van der Waals surface area contributed by atoms with Crippen LogP contribution in [-0.4, -0.2) is 43.5 Å². The van der Waals surface area contributed by atoms with Gasteiger partial charge in [-0.2, -0.15) is 0 Å². The molecule has 0 aromatic heterocycles. The van der Waals surface area contributed by atoms with Crippen LogP contribution < -0.4 is 14.8 Å². The molecule has 7 heteroatoms. The predicted molar refractivity (Wildman–Crippen MR) is 147 cm³/mol. The minimum atomic E-state index is -0.690. The average molecular weight is 523 g/mol. The van der Waals surface area contributed by atoms with E-state index in [1.54, 1.807) is 43.4 Å². The monoisotopic (exact) mass is 522 g/mol. The molecule has 1 atom stereocenters. The van der Waals surface area contributed by atoms with Gasteiger partial charge >= 0.3 is 0 Å². The van der Waals surface area contributed by atoms with E-state index in [1.165, 1.54) is 0 Å². The first-order valence-corrected chi connectivity index (χ1v) is 12.7. The molecular weight excluding hydrogens is 488 g/mol. The molecule has 196 valence electrons. The summed E-state index contributed by atoms with van der Waals surface area (Å²) in [6.45, 7) is 4.89. The first-order valence-electron chi connectivity index (χ1n) is 12.4. The third-order valence-corrected chi connectivity index (χ3v) is 6.28. The molecule has 0 spiro atoms. The third kappa shape index (κ3) is 8.25. The number of benzene rings is 3. The van der Waals surface area contributed by atoms with Crippen molar-refractivity contribution >= 4 is 23.4 Å². The maximum absolute atomic E-state index is 13.9. The maximum atomic E-state index is 13.9. The highest BCUT2D eigenvalue weighted by Crippen LogP contribution is 2.28. The topological polar surface area (TPSA) is 67.9 Å². The largest absolute Gasteiger partial charge is 0.493 e. The lowest BCUT2D eigenvalue weighted by Crippen LogP contribution is -2.51. The molecule has 0 saturated heterocycles. The van der Waals surface area contributed by atoms with Crippen molar-refractivity contribution in [1.82, 2.24) is 10.2 Å². The number of carbonyl (C=O) groups is 2. The van der Waals surface area contributed by atoms with Gasteiger partial charge in [0.05, 0.1) is 20.6 Å². The van der Waals surface area contributed by atoms with Gasteiger partial charge in [-0.15, -0.1) is 0 Å². The fourth-order valence-electron chi connectivity index (χ4n) is 4.03. The molecule has 0 aliphatic heterocycles. The molecule has 6 nitrogen and oxygen atoms in total. The van der Waals surface area contributed by atoms with E-state index < -0.39 is 6.04 Å². The Morgan fingerprint density at radius 2 is 1.51 bits per heavy atom. The van der Waals surface area contributed by atoms with Crippen LogP contribution in [0.3, 0.4) is 0 Å². The molecule has 3 rings (SSSR count). The van der Waals surface area contributed by atoms with Crippen LogP contribution in [0.1, 0.15) is 30.5 Å². The van der Waals surface area contributed by atoms with Gasteiger partial charge < -0.3 is 19.7 Å². The standard InChI is InChI=1S/C30H35ClN2O4/c1-21(2)19-32-30(35)26(16-22-8-6-5-7-9-22)33(20-23-10-13-25(31)14-11-23)29(34)18-24-12-15-27(36-3)28(17-24)37-4/h5-15,17,21,26H,16,18-20H2,1-4H3,(H,32,35)/t26-/m1/s1. The van der Waals surface area contributed by atoms with Gasteiger partial charge in [-0.1, -0.05) is 74.0 Å². The Morgan fingerprint density at radius 1 is 0.865 bits per heavy atom. The van der Waals surface area contributed by atoms with Crippen molar-refractivity contribution < 1.29 is 19.1 Å². The highest BCUT2D eigenvalue weighted by molar-refractivity contribution is 6.30. The quantitative estimate of drug-likeness (QED) is 0.350. The summed E-state index contributed by atoms with van der Waals surface area (Å²) in [7, 11) is 3.13. The Kier molecular flexibility index (Phi) is 10.4. The van der Waals surface area contributed by atoms with Crippen molar-refractivity contribution in [2.75, 3.05) is 20.8 Å². The van der Waals surface area contributed by atoms with Crippen molar-refractivity contribution in [3.8, 4) is 11.5 Å². The molecule has 0 saturated carbocycles. The van der Waals surface area contributed by atoms with E-state index in [0.717, 1.165) is 16.7 Å². The van der Waals surface area contributed by atoms with Crippen molar-refractivity contribution in [3.05, 3.63) is 94.5 Å². The first-order chi connectivity index (χ1) is 17.8. The number of nitrogens with one attached hydrogen (secondary N) is 1. The second-order valence-corrected chi connectivity index (χ2v) is 9.80. The molecule has 3 aromatic carbocycles. The molecule has 0 bridgehead atoms. The van der Waals surface area contributed by atoms with Crippen molar-refractivity contribution in [2.45, 2.75) is 39.3 Å². The number of hydrogen-bond acceptors (Lipinski definition) is 4. The number of hydrogen-bond donors (Lipinski definition) is 1. The highest BCUT2D eigenvalue weighted by atomic mass is 35.5. The molecule has 2 amide bonds. The van der Waals surface area contributed by atoms with Gasteiger partial charge in [0, 0.05) is 24.5 Å². The molecule has 0 aliphatic carbocycles. The van der Waals surface area contributed by atoms with Crippen LogP contribution in [0.2, 0.25) is 5.02 Å². The fourth-order valence-corrected chi connectivity index (χ4v) is 4.16. The second kappa shape index (κ2) is 13.7. The summed E-state index contributed by atoms with van der Waals surface area (Å²) in [5.41, 5.74) is 2.64. The lowest BCUT2D eigenvalue weighted by Gasteiger charge is -2.32. The predicted octanol–water partition coefficient (Wildman–Crippen LogP) is 5.31. The van der Waals surface area contributed by atoms with E-state index in [-0.39, 0.29) is 30.7 Å². The molecule has 0 fully saturated rings. The third-order valence-electron chi connectivity index (χ3n) is 6.03. The molecule has 0 heterocycles. The lowest BCUT2D eigenvalue weighted by atomic mass is 10.0. The number of carbonyl (C=O) groups excluding carboxylic acids is 2. The number of nitrogens with zero attached hydrogens (tertiary/aromatic N) is 1. The van der Waals surface area contributed by atoms with Crippen LogP contribution in [0.4, 0.5) is 0 Å². The average Bonchev–Trinajstić information content (AvgIpc) is 2.90. The number of ether oxygens (including phenoxy) is 2. The summed E-state index contributed by atoms with van der Waals surface area (Å²) >= 11 is 6.10. The van der Waals surface area contributed by atoms with Crippen molar-refractivity contribution in [1.29, 1.82) is 0 Å². The Labute approximate surface area is 224 Å². The second-order valence-electron chi connectivity index (χ2n) is 9.36. The molecule has 0 aliphatic rings. The molecule has 3 aromatic rings. The minimum absolute atomic E-state index is 0.108. The minimum Gasteiger partial charge on any atom is -0.493 e. The highest BCUT2D eigenvalue weighted by Gasteiger charge is 2.30. The Balaban J connectivity index is 1.96. The number of rotatable bonds is 12. The summed E-state index contributed by atoms with van der Waals surface area (Å²) in [5, 5.41) is 3.65. The lowest BCUT2D eigenvalue weighted by molar-refractivity contribution is -0.140. The zero-order valence-corrected chi connectivity index (χ0v) is 22.6. The fraction of sp³-hybridized carbons (Fsp3) is 0.333. The van der Waals surface area contributed by atoms with Crippen LogP contribution in [0.15, 0.2) is 72.8 Å². The van der Waals surface area contributed by atoms with Crippen molar-refractivity contribution in [2.24, 2.45) is 5.92 Å². The van der Waals surface area contributed by atoms with E-state index in [1.807, 2.05) is 62.4 Å². The van der Waals surface area contributed by atoms with E-state index in [4.69, 9.17) is 21.1 Å². The Morgan fingerprint density at radius 3 is 2.14 bits per heavy atom. The van der Waals surface area contributed by atoms with Gasteiger partial charge in [-0.3, -0.25) is 9.59 Å².